The number of rotatable bonds is 9. The molecule has 9 rings (SSSR count). The molecule has 0 atom stereocenters. The number of thiazole rings is 1. The molecule has 9 aromatic rings. The number of aromatic hydroxyl groups is 1. The molecule has 0 saturated heterocycles. The predicted molar refractivity (Wildman–Crippen MR) is 251 cm³/mol. The Bertz CT molecular complexity index is 3030. The zero-order valence-corrected chi connectivity index (χ0v) is 35.3. The molecule has 0 saturated carbocycles. The molecule has 0 spiro atoms. The van der Waals surface area contributed by atoms with E-state index in [1.54, 1.807) is 42.1 Å². The van der Waals surface area contributed by atoms with Gasteiger partial charge in [-0.3, -0.25) is 9.97 Å². The Morgan fingerprint density at radius 1 is 0.567 bits per heavy atom. The highest BCUT2D eigenvalue weighted by atomic mass is 32.1. The van der Waals surface area contributed by atoms with Crippen LogP contribution in [-0.2, 0) is 17.2 Å². The van der Waals surface area contributed by atoms with E-state index >= 15 is 0 Å². The lowest BCUT2D eigenvalue weighted by Crippen LogP contribution is -2.19. The van der Waals surface area contributed by atoms with Crippen LogP contribution in [0.3, 0.4) is 0 Å². The van der Waals surface area contributed by atoms with Gasteiger partial charge in [0.25, 0.3) is 0 Å². The average Bonchev–Trinajstić information content (AvgIpc) is 3.73. The zero-order valence-electron chi connectivity index (χ0n) is 36.4. The van der Waals surface area contributed by atoms with Gasteiger partial charge in [0.05, 0.1) is 21.5 Å². The van der Waals surface area contributed by atoms with Crippen LogP contribution in [0.2, 0.25) is 0 Å². The molecule has 0 radical (unpaired) electrons. The number of nitrogens with zero attached hydrogens (tertiary/aromatic N) is 3. The van der Waals surface area contributed by atoms with Crippen LogP contribution in [0, 0.1) is 0 Å². The third-order valence-corrected chi connectivity index (χ3v) is 12.4. The maximum absolute atomic E-state index is 12.1. The van der Waals surface area contributed by atoms with Crippen molar-refractivity contribution in [3.05, 3.63) is 204 Å². The number of benzene rings is 6. The summed E-state index contributed by atoms with van der Waals surface area (Å²) in [5.41, 5.74) is 12.9. The summed E-state index contributed by atoms with van der Waals surface area (Å²) >= 11 is 1.59. The lowest BCUT2D eigenvalue weighted by molar-refractivity contribution is 0.449. The summed E-state index contributed by atoms with van der Waals surface area (Å²) in [4.78, 5) is 14.4. The molecule has 3 aromatic heterocycles. The fraction of sp³-hybridized carbons (Fsp3) is 0.145. The van der Waals surface area contributed by atoms with Crippen molar-refractivity contribution in [3.8, 4) is 61.0 Å². The summed E-state index contributed by atoms with van der Waals surface area (Å²) in [7, 11) is 0. The Hall–Kier alpha value is -6.69. The van der Waals surface area contributed by atoms with E-state index in [1.165, 1.54) is 5.56 Å². The third-order valence-electron chi connectivity index (χ3n) is 11.3. The Kier molecular flexibility index (Phi) is 9.59. The second-order valence-corrected chi connectivity index (χ2v) is 17.9. The van der Waals surface area contributed by atoms with Crippen LogP contribution in [0.25, 0.3) is 65.4 Å². The Balaban J connectivity index is 1.27. The number of phenols is 1. The van der Waals surface area contributed by atoms with Gasteiger partial charge in [0, 0.05) is 43.4 Å². The molecule has 294 valence electrons. The van der Waals surface area contributed by atoms with Gasteiger partial charge in [0.15, 0.2) is 0 Å². The molecule has 0 unspecified atom stereocenters. The van der Waals surface area contributed by atoms with E-state index in [-0.39, 0.29) is 16.6 Å². The molecule has 0 aliphatic heterocycles. The summed E-state index contributed by atoms with van der Waals surface area (Å²) in [6.07, 6.45) is 3.12. The molecule has 0 aliphatic carbocycles. The van der Waals surface area contributed by atoms with Crippen molar-refractivity contribution in [2.75, 3.05) is 0 Å². The van der Waals surface area contributed by atoms with Crippen molar-refractivity contribution in [2.24, 2.45) is 0 Å². The Morgan fingerprint density at radius 3 is 1.82 bits per heavy atom. The fourth-order valence-electron chi connectivity index (χ4n) is 7.88. The highest BCUT2D eigenvalue weighted by molar-refractivity contribution is 7.21. The van der Waals surface area contributed by atoms with Gasteiger partial charge in [-0.25, -0.2) is 4.98 Å². The van der Waals surface area contributed by atoms with Gasteiger partial charge in [-0.15, -0.1) is 11.3 Å². The van der Waals surface area contributed by atoms with Gasteiger partial charge in [-0.1, -0.05) is 138 Å². The molecule has 0 bridgehead atoms. The zero-order chi connectivity index (χ0) is 43.2. The number of hydrogen-bond donors (Lipinski definition) is 1. The fourth-order valence-corrected chi connectivity index (χ4v) is 8.93. The first-order valence-electron chi connectivity index (χ1n) is 21.3. The Labute approximate surface area is 359 Å². The maximum atomic E-state index is 12.1. The number of hydrogen-bond acceptors (Lipinski definition) is 5. The van der Waals surface area contributed by atoms with Crippen molar-refractivity contribution >= 4 is 21.6 Å². The van der Waals surface area contributed by atoms with E-state index in [9.17, 15) is 5.11 Å². The Morgan fingerprint density at radius 2 is 1.18 bits per heavy atom. The molecule has 3 heterocycles. The van der Waals surface area contributed by atoms with Crippen LogP contribution in [0.1, 0.15) is 65.2 Å². The minimum absolute atomic E-state index is 0.248. The number of aromatic nitrogens is 3. The van der Waals surface area contributed by atoms with Crippen LogP contribution < -0.4 is 0 Å². The summed E-state index contributed by atoms with van der Waals surface area (Å²) in [5, 5.41) is 12.8. The second-order valence-electron chi connectivity index (χ2n) is 16.9. The van der Waals surface area contributed by atoms with Crippen LogP contribution in [0.15, 0.2) is 176 Å². The van der Waals surface area contributed by atoms with Gasteiger partial charge in [0.1, 0.15) is 10.8 Å². The normalized spacial score (nSPS) is 12.6. The van der Waals surface area contributed by atoms with E-state index in [1.807, 2.05) is 42.5 Å². The molecule has 1 N–H and O–H groups in total. The molecule has 4 nitrogen and oxygen atoms in total. The van der Waals surface area contributed by atoms with Gasteiger partial charge in [-0.2, -0.15) is 0 Å². The summed E-state index contributed by atoms with van der Waals surface area (Å²) in [5.74, 6) is 0.248. The average molecular weight is 800 g/mol. The van der Waals surface area contributed by atoms with Crippen LogP contribution in [0.4, 0.5) is 0 Å². The first kappa shape index (κ1) is 36.4. The molecular weight excluding hydrogens is 751 g/mol. The van der Waals surface area contributed by atoms with Crippen LogP contribution in [-0.4, -0.2) is 20.1 Å². The number of pyridine rings is 2. The smallest absolute Gasteiger partial charge is 0.129 e. The largest absolute Gasteiger partial charge is 0.507 e. The first-order valence-corrected chi connectivity index (χ1v) is 21.1. The van der Waals surface area contributed by atoms with E-state index in [0.717, 1.165) is 71.0 Å². The van der Waals surface area contributed by atoms with Crippen molar-refractivity contribution in [1.82, 2.24) is 15.0 Å². The minimum Gasteiger partial charge on any atom is -0.507 e. The monoisotopic (exact) mass is 799 g/mol. The summed E-state index contributed by atoms with van der Waals surface area (Å²) in [6, 6.07) is 53.7. The van der Waals surface area contributed by atoms with Crippen molar-refractivity contribution in [2.45, 2.75) is 51.8 Å². The number of fused-ring (bicyclic) bond motifs is 1. The molecule has 0 aliphatic rings. The standard InChI is InChI=1S/C55H47N3OS/c1-54(2,3)48-33-40(38-15-9-6-10-16-38)32-47(52(48)59)53-58-51-46(31-41(34-50(51)60-53)39-17-11-7-12-18-39)42-28-43(30-45(29-42)55(4,5)44-19-13-8-14-20-44)49-22-21-37(35-57-49)27-36-23-25-56-26-24-36/h6-26,28-35,59H,27H2,1-5H3/i27D2. The van der Waals surface area contributed by atoms with E-state index in [4.69, 9.17) is 12.7 Å². The minimum atomic E-state index is -1.74. The topological polar surface area (TPSA) is 58.9 Å². The van der Waals surface area contributed by atoms with Gasteiger partial charge in [0.2, 0.25) is 0 Å². The quantitative estimate of drug-likeness (QED) is 0.158. The number of phenolic OH excluding ortho intramolecular Hbond substituents is 1. The second kappa shape index (κ2) is 15.8. The van der Waals surface area contributed by atoms with Gasteiger partial charge < -0.3 is 5.11 Å². The molecular formula is C55H47N3OS. The lowest BCUT2D eigenvalue weighted by Gasteiger charge is -2.27. The van der Waals surface area contributed by atoms with E-state index in [0.29, 0.717) is 16.7 Å². The highest BCUT2D eigenvalue weighted by Gasteiger charge is 2.27. The van der Waals surface area contributed by atoms with Crippen LogP contribution in [0.5, 0.6) is 5.75 Å². The lowest BCUT2D eigenvalue weighted by atomic mass is 9.76. The van der Waals surface area contributed by atoms with Gasteiger partial charge >= 0.3 is 0 Å². The summed E-state index contributed by atoms with van der Waals surface area (Å²) < 4.78 is 18.9. The van der Waals surface area contributed by atoms with Crippen molar-refractivity contribution in [1.29, 1.82) is 0 Å². The molecule has 0 amide bonds. The first-order chi connectivity index (χ1) is 29.8. The van der Waals surface area contributed by atoms with Gasteiger partial charge in [-0.05, 0) is 116 Å². The van der Waals surface area contributed by atoms with Crippen molar-refractivity contribution in [3.63, 3.8) is 0 Å². The van der Waals surface area contributed by atoms with Crippen LogP contribution >= 0.6 is 11.3 Å². The third kappa shape index (κ3) is 7.77. The van der Waals surface area contributed by atoms with E-state index in [2.05, 4.69) is 143 Å². The van der Waals surface area contributed by atoms with Crippen molar-refractivity contribution < 1.29 is 7.85 Å². The summed E-state index contributed by atoms with van der Waals surface area (Å²) in [6.45, 7) is 10.9. The molecule has 0 fully saturated rings. The van der Waals surface area contributed by atoms with E-state index < -0.39 is 6.37 Å². The maximum Gasteiger partial charge on any atom is 0.129 e. The highest BCUT2D eigenvalue weighted by Crippen LogP contribution is 2.47. The predicted octanol–water partition coefficient (Wildman–Crippen LogP) is 14.3. The molecule has 60 heavy (non-hydrogen) atoms. The SMILES string of the molecule is [2H]C([2H])(c1ccncc1)c1ccc(-c2cc(-c3cc(-c4ccccc4)cc4sc(-c5cc(-c6ccccc6)cc(C(C)(C)C)c5O)nc34)cc(C(C)(C)c3ccccc3)c2)nc1. The molecule has 6 aromatic carbocycles. The molecule has 5 heteroatoms.